The van der Waals surface area contributed by atoms with Crippen LogP contribution in [0.25, 0.3) is 0 Å². The minimum atomic E-state index is -0.456. The van der Waals surface area contributed by atoms with Gasteiger partial charge >= 0.3 is 5.97 Å². The fraction of sp³-hybridized carbons (Fsp3) is 0.316. The zero-order valence-corrected chi connectivity index (χ0v) is 16.3. The second kappa shape index (κ2) is 10.7. The van der Waals surface area contributed by atoms with Gasteiger partial charge in [0.1, 0.15) is 5.75 Å². The van der Waals surface area contributed by atoms with E-state index in [0.29, 0.717) is 28.8 Å². The summed E-state index contributed by atoms with van der Waals surface area (Å²) in [6.45, 7) is 1.82. The smallest absolute Gasteiger partial charge is 0.306 e. The summed E-state index contributed by atoms with van der Waals surface area (Å²) in [4.78, 5) is 27.5. The SMILES string of the molecule is C[C@H](NC(=O)COC(=O)CCCOc1cccnc1)c1ccc(Cl)c(Cl)c1. The molecule has 144 valence electrons. The van der Waals surface area contributed by atoms with Crippen molar-refractivity contribution >= 4 is 35.1 Å². The normalized spacial score (nSPS) is 11.5. The molecule has 0 bridgehead atoms. The summed E-state index contributed by atoms with van der Waals surface area (Å²) in [6, 6.07) is 8.37. The van der Waals surface area contributed by atoms with Crippen LogP contribution < -0.4 is 10.1 Å². The number of rotatable bonds is 9. The summed E-state index contributed by atoms with van der Waals surface area (Å²) < 4.78 is 10.4. The van der Waals surface area contributed by atoms with Crippen LogP contribution in [0.4, 0.5) is 0 Å². The lowest BCUT2D eigenvalue weighted by Crippen LogP contribution is -2.31. The van der Waals surface area contributed by atoms with E-state index in [4.69, 9.17) is 32.7 Å². The van der Waals surface area contributed by atoms with E-state index in [9.17, 15) is 9.59 Å². The Morgan fingerprint density at radius 3 is 2.74 bits per heavy atom. The number of halogens is 2. The number of ether oxygens (including phenoxy) is 2. The highest BCUT2D eigenvalue weighted by Gasteiger charge is 2.13. The maximum absolute atomic E-state index is 11.9. The molecule has 0 saturated carbocycles. The average Bonchev–Trinajstić information content (AvgIpc) is 2.66. The van der Waals surface area contributed by atoms with Crippen molar-refractivity contribution in [3.05, 3.63) is 58.3 Å². The molecule has 0 saturated heterocycles. The van der Waals surface area contributed by atoms with E-state index in [1.165, 1.54) is 0 Å². The molecule has 1 N–H and O–H groups in total. The Morgan fingerprint density at radius 1 is 1.22 bits per heavy atom. The van der Waals surface area contributed by atoms with Crippen LogP contribution in [0, 0.1) is 0 Å². The van der Waals surface area contributed by atoms with Gasteiger partial charge in [-0.25, -0.2) is 0 Å². The van der Waals surface area contributed by atoms with Gasteiger partial charge in [-0.05, 0) is 43.2 Å². The molecule has 2 rings (SSSR count). The molecule has 1 amide bonds. The van der Waals surface area contributed by atoms with Gasteiger partial charge in [-0.1, -0.05) is 29.3 Å². The molecule has 6 nitrogen and oxygen atoms in total. The van der Waals surface area contributed by atoms with Gasteiger partial charge in [-0.3, -0.25) is 14.6 Å². The monoisotopic (exact) mass is 410 g/mol. The molecule has 0 aliphatic heterocycles. The van der Waals surface area contributed by atoms with Crippen LogP contribution in [0.5, 0.6) is 5.75 Å². The molecular weight excluding hydrogens is 391 g/mol. The number of carbonyl (C=O) groups excluding carboxylic acids is 2. The van der Waals surface area contributed by atoms with Crippen LogP contribution >= 0.6 is 23.2 Å². The third-order valence-electron chi connectivity index (χ3n) is 3.61. The molecule has 27 heavy (non-hydrogen) atoms. The van der Waals surface area contributed by atoms with Crippen molar-refractivity contribution in [3.8, 4) is 5.75 Å². The third kappa shape index (κ3) is 7.45. The second-order valence-corrected chi connectivity index (χ2v) is 6.58. The van der Waals surface area contributed by atoms with Crippen molar-refractivity contribution in [1.82, 2.24) is 10.3 Å². The van der Waals surface area contributed by atoms with Crippen LogP contribution in [0.2, 0.25) is 10.0 Å². The predicted molar refractivity (Wildman–Crippen MR) is 103 cm³/mol. The highest BCUT2D eigenvalue weighted by molar-refractivity contribution is 6.42. The summed E-state index contributed by atoms with van der Waals surface area (Å²) in [5.41, 5.74) is 0.802. The number of carbonyl (C=O) groups is 2. The number of pyridine rings is 1. The molecule has 8 heteroatoms. The molecule has 1 aromatic carbocycles. The molecule has 1 atom stereocenters. The number of hydrogen-bond acceptors (Lipinski definition) is 5. The maximum Gasteiger partial charge on any atom is 0.306 e. The van der Waals surface area contributed by atoms with Crippen molar-refractivity contribution in [2.45, 2.75) is 25.8 Å². The number of hydrogen-bond donors (Lipinski definition) is 1. The summed E-state index contributed by atoms with van der Waals surface area (Å²) in [5.74, 6) is -0.211. The minimum absolute atomic E-state index is 0.163. The van der Waals surface area contributed by atoms with E-state index in [1.54, 1.807) is 49.6 Å². The van der Waals surface area contributed by atoms with E-state index in [2.05, 4.69) is 10.3 Å². The lowest BCUT2D eigenvalue weighted by molar-refractivity contribution is -0.148. The Bertz CT molecular complexity index is 772. The standard InChI is InChI=1S/C19H20Cl2N2O4/c1-13(14-6-7-16(20)17(21)10-14)23-18(24)12-27-19(25)5-3-9-26-15-4-2-8-22-11-15/h2,4,6-8,10-11,13H,3,5,9,12H2,1H3,(H,23,24)/t13-/m0/s1. The zero-order chi connectivity index (χ0) is 19.6. The summed E-state index contributed by atoms with van der Waals surface area (Å²) in [6.07, 6.45) is 3.89. The molecule has 1 heterocycles. The Hall–Kier alpha value is -2.31. The van der Waals surface area contributed by atoms with Crippen LogP contribution in [0.15, 0.2) is 42.7 Å². The van der Waals surface area contributed by atoms with Gasteiger partial charge in [0.05, 0.1) is 28.9 Å². The third-order valence-corrected chi connectivity index (χ3v) is 4.35. The van der Waals surface area contributed by atoms with Gasteiger partial charge in [-0.15, -0.1) is 0 Å². The number of nitrogens with one attached hydrogen (secondary N) is 1. The topological polar surface area (TPSA) is 77.5 Å². The quantitative estimate of drug-likeness (QED) is 0.499. The number of benzene rings is 1. The van der Waals surface area contributed by atoms with E-state index in [1.807, 2.05) is 0 Å². The van der Waals surface area contributed by atoms with Crippen molar-refractivity contribution in [2.75, 3.05) is 13.2 Å². The Kier molecular flexibility index (Phi) is 8.36. The Balaban J connectivity index is 1.64. The first-order chi connectivity index (χ1) is 13.0. The summed E-state index contributed by atoms with van der Waals surface area (Å²) >= 11 is 11.8. The largest absolute Gasteiger partial charge is 0.492 e. The Morgan fingerprint density at radius 2 is 2.04 bits per heavy atom. The summed E-state index contributed by atoms with van der Waals surface area (Å²) in [5, 5.41) is 3.59. The van der Waals surface area contributed by atoms with Gasteiger partial charge in [0, 0.05) is 12.6 Å². The highest BCUT2D eigenvalue weighted by Crippen LogP contribution is 2.25. The summed E-state index contributed by atoms with van der Waals surface area (Å²) in [7, 11) is 0. The second-order valence-electron chi connectivity index (χ2n) is 5.76. The minimum Gasteiger partial charge on any atom is -0.492 e. The van der Waals surface area contributed by atoms with Gasteiger partial charge < -0.3 is 14.8 Å². The maximum atomic E-state index is 11.9. The van der Waals surface area contributed by atoms with E-state index in [-0.39, 0.29) is 19.1 Å². The van der Waals surface area contributed by atoms with Gasteiger partial charge in [0.25, 0.3) is 5.91 Å². The lowest BCUT2D eigenvalue weighted by Gasteiger charge is -2.15. The molecular formula is C19H20Cl2N2O4. The van der Waals surface area contributed by atoms with E-state index in [0.717, 1.165) is 5.56 Å². The lowest BCUT2D eigenvalue weighted by atomic mass is 10.1. The fourth-order valence-corrected chi connectivity index (χ4v) is 2.51. The van der Waals surface area contributed by atoms with Crippen molar-refractivity contribution in [1.29, 1.82) is 0 Å². The van der Waals surface area contributed by atoms with E-state index < -0.39 is 11.9 Å². The van der Waals surface area contributed by atoms with Crippen molar-refractivity contribution in [2.24, 2.45) is 0 Å². The molecule has 2 aromatic rings. The van der Waals surface area contributed by atoms with Gasteiger partial charge in [0.2, 0.25) is 0 Å². The fourth-order valence-electron chi connectivity index (χ4n) is 2.21. The molecule has 0 radical (unpaired) electrons. The first kappa shape index (κ1) is 21.0. The number of esters is 1. The van der Waals surface area contributed by atoms with Crippen LogP contribution in [0.3, 0.4) is 0 Å². The van der Waals surface area contributed by atoms with Crippen molar-refractivity contribution < 1.29 is 19.1 Å². The van der Waals surface area contributed by atoms with E-state index >= 15 is 0 Å². The van der Waals surface area contributed by atoms with Crippen molar-refractivity contribution in [3.63, 3.8) is 0 Å². The molecule has 0 aliphatic rings. The van der Waals surface area contributed by atoms with Crippen LogP contribution in [-0.2, 0) is 14.3 Å². The molecule has 1 aromatic heterocycles. The van der Waals surface area contributed by atoms with Gasteiger partial charge in [-0.2, -0.15) is 0 Å². The number of nitrogens with zero attached hydrogens (tertiary/aromatic N) is 1. The van der Waals surface area contributed by atoms with Crippen LogP contribution in [0.1, 0.15) is 31.4 Å². The zero-order valence-electron chi connectivity index (χ0n) is 14.8. The van der Waals surface area contributed by atoms with Gasteiger partial charge in [0.15, 0.2) is 6.61 Å². The predicted octanol–water partition coefficient (Wildman–Crippen LogP) is 3.97. The first-order valence-electron chi connectivity index (χ1n) is 8.38. The number of amides is 1. The molecule has 0 fully saturated rings. The average molecular weight is 411 g/mol. The van der Waals surface area contributed by atoms with Crippen LogP contribution in [-0.4, -0.2) is 30.1 Å². The molecule has 0 unspecified atom stereocenters. The molecule has 0 spiro atoms. The highest BCUT2D eigenvalue weighted by atomic mass is 35.5. The Labute approximate surface area is 167 Å². The molecule has 0 aliphatic carbocycles. The number of aromatic nitrogens is 1. The first-order valence-corrected chi connectivity index (χ1v) is 9.14.